The maximum absolute atomic E-state index is 12.9. The summed E-state index contributed by atoms with van der Waals surface area (Å²) < 4.78 is 5.22. The van der Waals surface area contributed by atoms with Crippen LogP contribution in [0.3, 0.4) is 0 Å². The van der Waals surface area contributed by atoms with Crippen molar-refractivity contribution in [3.8, 4) is 5.75 Å². The monoisotopic (exact) mass is 378 g/mol. The molecule has 28 heavy (non-hydrogen) atoms. The number of ether oxygens (including phenoxy) is 1. The first kappa shape index (κ1) is 20.2. The van der Waals surface area contributed by atoms with E-state index in [1.54, 1.807) is 7.11 Å². The highest BCUT2D eigenvalue weighted by Crippen LogP contribution is 2.20. The van der Waals surface area contributed by atoms with Gasteiger partial charge in [-0.15, -0.1) is 0 Å². The molecular formula is C24H30N2O2. The molecular weight excluding hydrogens is 348 g/mol. The van der Waals surface area contributed by atoms with Crippen LogP contribution >= 0.6 is 0 Å². The number of carbonyl (C=O) groups is 1. The molecule has 1 heterocycles. The van der Waals surface area contributed by atoms with Gasteiger partial charge in [-0.25, -0.2) is 0 Å². The molecule has 1 aliphatic rings. The van der Waals surface area contributed by atoms with Crippen molar-refractivity contribution in [2.75, 3.05) is 33.3 Å². The van der Waals surface area contributed by atoms with Crippen LogP contribution in [0.4, 0.5) is 0 Å². The molecule has 0 bridgehead atoms. The van der Waals surface area contributed by atoms with Gasteiger partial charge in [0.15, 0.2) is 0 Å². The van der Waals surface area contributed by atoms with Crippen LogP contribution in [0.2, 0.25) is 0 Å². The number of methoxy groups -OCH3 is 1. The summed E-state index contributed by atoms with van der Waals surface area (Å²) in [6.45, 7) is 4.15. The van der Waals surface area contributed by atoms with Gasteiger partial charge < -0.3 is 15.0 Å². The number of likely N-dealkylation sites (tertiary alicyclic amines) is 1. The number of hydrogen-bond donors (Lipinski definition) is 1. The number of piperidine rings is 1. The van der Waals surface area contributed by atoms with E-state index in [1.807, 2.05) is 60.7 Å². The fourth-order valence-corrected chi connectivity index (χ4v) is 3.55. The van der Waals surface area contributed by atoms with Crippen molar-refractivity contribution in [1.29, 1.82) is 0 Å². The number of rotatable bonds is 8. The molecule has 2 aromatic rings. The van der Waals surface area contributed by atoms with Crippen LogP contribution in [-0.2, 0) is 4.79 Å². The summed E-state index contributed by atoms with van der Waals surface area (Å²) in [4.78, 5) is 15.4. The maximum atomic E-state index is 12.9. The second-order valence-electron chi connectivity index (χ2n) is 7.21. The Bertz CT molecular complexity index is 763. The van der Waals surface area contributed by atoms with E-state index in [0.717, 1.165) is 29.8 Å². The third kappa shape index (κ3) is 5.96. The molecule has 1 saturated heterocycles. The third-order valence-electron chi connectivity index (χ3n) is 5.14. The molecule has 1 amide bonds. The second kappa shape index (κ2) is 10.7. The molecule has 148 valence electrons. The highest BCUT2D eigenvalue weighted by Gasteiger charge is 2.13. The number of benzene rings is 2. The van der Waals surface area contributed by atoms with E-state index in [-0.39, 0.29) is 5.91 Å². The summed E-state index contributed by atoms with van der Waals surface area (Å²) in [5, 5.41) is 3.11. The molecule has 0 saturated carbocycles. The molecule has 0 aromatic heterocycles. The Morgan fingerprint density at radius 2 is 1.75 bits per heavy atom. The minimum atomic E-state index is -0.0272. The van der Waals surface area contributed by atoms with E-state index in [2.05, 4.69) is 10.2 Å². The molecule has 4 nitrogen and oxygen atoms in total. The lowest BCUT2D eigenvalue weighted by Gasteiger charge is -2.26. The van der Waals surface area contributed by atoms with Gasteiger partial charge in [-0.1, -0.05) is 48.9 Å². The number of nitrogens with zero attached hydrogens (tertiary/aromatic N) is 1. The van der Waals surface area contributed by atoms with Crippen molar-refractivity contribution in [2.45, 2.75) is 25.7 Å². The van der Waals surface area contributed by atoms with Gasteiger partial charge >= 0.3 is 0 Å². The predicted octanol–water partition coefficient (Wildman–Crippen LogP) is 4.23. The summed E-state index contributed by atoms with van der Waals surface area (Å²) in [6.07, 6.45) is 6.87. The molecule has 1 fully saturated rings. The summed E-state index contributed by atoms with van der Waals surface area (Å²) in [5.41, 5.74) is 2.58. The topological polar surface area (TPSA) is 41.6 Å². The van der Waals surface area contributed by atoms with E-state index in [0.29, 0.717) is 12.1 Å². The molecule has 0 aliphatic carbocycles. The van der Waals surface area contributed by atoms with Crippen LogP contribution in [0.1, 0.15) is 36.8 Å². The van der Waals surface area contributed by atoms with E-state index < -0.39 is 0 Å². The summed E-state index contributed by atoms with van der Waals surface area (Å²) in [7, 11) is 1.65. The minimum absolute atomic E-state index is 0.0272. The Balaban J connectivity index is 1.64. The molecule has 1 N–H and O–H groups in total. The van der Waals surface area contributed by atoms with Crippen LogP contribution in [0.25, 0.3) is 11.6 Å². The van der Waals surface area contributed by atoms with Gasteiger partial charge in [0, 0.05) is 12.1 Å². The molecule has 2 aromatic carbocycles. The van der Waals surface area contributed by atoms with Crippen molar-refractivity contribution in [3.05, 3.63) is 65.7 Å². The summed E-state index contributed by atoms with van der Waals surface area (Å²) in [5.74, 6) is 0.779. The van der Waals surface area contributed by atoms with Crippen molar-refractivity contribution < 1.29 is 9.53 Å². The molecule has 4 heteroatoms. The second-order valence-corrected chi connectivity index (χ2v) is 7.21. The Labute approximate surface area is 168 Å². The van der Waals surface area contributed by atoms with Crippen molar-refractivity contribution in [2.24, 2.45) is 0 Å². The first-order chi connectivity index (χ1) is 13.8. The number of nitrogens with one attached hydrogen (secondary N) is 1. The van der Waals surface area contributed by atoms with Gasteiger partial charge in [-0.2, -0.15) is 0 Å². The summed E-state index contributed by atoms with van der Waals surface area (Å²) >= 11 is 0. The highest BCUT2D eigenvalue weighted by molar-refractivity contribution is 6.24. The Kier molecular flexibility index (Phi) is 7.68. The van der Waals surface area contributed by atoms with Crippen LogP contribution in [0.15, 0.2) is 54.6 Å². The zero-order chi connectivity index (χ0) is 19.6. The molecule has 0 unspecified atom stereocenters. The van der Waals surface area contributed by atoms with Crippen LogP contribution in [-0.4, -0.2) is 44.1 Å². The van der Waals surface area contributed by atoms with Gasteiger partial charge in [-0.05, 0) is 68.2 Å². The average Bonchev–Trinajstić information content (AvgIpc) is 2.76. The number of hydrogen-bond acceptors (Lipinski definition) is 3. The van der Waals surface area contributed by atoms with Crippen LogP contribution in [0.5, 0.6) is 5.75 Å². The first-order valence-electron chi connectivity index (χ1n) is 10.2. The molecule has 3 rings (SSSR count). The van der Waals surface area contributed by atoms with E-state index in [1.165, 1.54) is 32.4 Å². The first-order valence-corrected chi connectivity index (χ1v) is 10.2. The molecule has 0 spiro atoms. The van der Waals surface area contributed by atoms with E-state index >= 15 is 0 Å². The highest BCUT2D eigenvalue weighted by atomic mass is 16.5. The average molecular weight is 379 g/mol. The van der Waals surface area contributed by atoms with Crippen molar-refractivity contribution in [1.82, 2.24) is 10.2 Å². The predicted molar refractivity (Wildman–Crippen MR) is 115 cm³/mol. The number of carbonyl (C=O) groups excluding carboxylic acids is 1. The fourth-order valence-electron chi connectivity index (χ4n) is 3.55. The molecule has 0 atom stereocenters. The van der Waals surface area contributed by atoms with Crippen LogP contribution in [0, 0.1) is 0 Å². The largest absolute Gasteiger partial charge is 0.497 e. The van der Waals surface area contributed by atoms with Gasteiger partial charge in [0.1, 0.15) is 5.75 Å². The van der Waals surface area contributed by atoms with E-state index in [9.17, 15) is 4.79 Å². The molecule has 0 radical (unpaired) electrons. The van der Waals surface area contributed by atoms with Crippen LogP contribution < -0.4 is 10.1 Å². The lowest BCUT2D eigenvalue weighted by Crippen LogP contribution is -2.33. The minimum Gasteiger partial charge on any atom is -0.497 e. The number of amides is 1. The Morgan fingerprint density at radius 3 is 2.43 bits per heavy atom. The van der Waals surface area contributed by atoms with Crippen molar-refractivity contribution in [3.63, 3.8) is 0 Å². The summed E-state index contributed by atoms with van der Waals surface area (Å²) in [6, 6.07) is 17.6. The Morgan fingerprint density at radius 1 is 1.04 bits per heavy atom. The normalized spacial score (nSPS) is 15.2. The Hall–Kier alpha value is -2.59. The van der Waals surface area contributed by atoms with E-state index in [4.69, 9.17) is 4.74 Å². The fraction of sp³-hybridized carbons (Fsp3) is 0.375. The van der Waals surface area contributed by atoms with Gasteiger partial charge in [0.25, 0.3) is 5.91 Å². The smallest absolute Gasteiger partial charge is 0.251 e. The lowest BCUT2D eigenvalue weighted by atomic mass is 10.0. The quantitative estimate of drug-likeness (QED) is 0.425. The third-order valence-corrected chi connectivity index (χ3v) is 5.14. The van der Waals surface area contributed by atoms with Gasteiger partial charge in [0.05, 0.1) is 7.11 Å². The zero-order valence-electron chi connectivity index (χ0n) is 16.7. The maximum Gasteiger partial charge on any atom is 0.251 e. The standard InChI is InChI=1S/C24H30N2O2/c1-28-22-13-11-20(12-14-22)19-23(21-9-4-2-5-10-21)24(27)25-15-8-18-26-16-6-3-7-17-26/h2,4-5,9-14,19H,3,6-8,15-18H2,1H3,(H,25,27)/b23-19+. The van der Waals surface area contributed by atoms with Gasteiger partial charge in [-0.3, -0.25) is 4.79 Å². The van der Waals surface area contributed by atoms with Gasteiger partial charge in [0.2, 0.25) is 0 Å². The molecule has 1 aliphatic heterocycles. The zero-order valence-corrected chi connectivity index (χ0v) is 16.7. The van der Waals surface area contributed by atoms with Crippen molar-refractivity contribution >= 4 is 17.6 Å². The lowest BCUT2D eigenvalue weighted by molar-refractivity contribution is -0.115. The SMILES string of the molecule is COc1ccc(/C=C(/C(=O)NCCCN2CCCCC2)c2ccccc2)cc1.